The molecule has 0 radical (unpaired) electrons. The minimum absolute atomic E-state index is 0.119. The highest BCUT2D eigenvalue weighted by Crippen LogP contribution is 2.18. The Morgan fingerprint density at radius 1 is 1.14 bits per heavy atom. The van der Waals surface area contributed by atoms with E-state index >= 15 is 0 Å². The molecule has 2 amide bonds. The van der Waals surface area contributed by atoms with Gasteiger partial charge in [-0.15, -0.1) is 0 Å². The molecule has 28 heavy (non-hydrogen) atoms. The standard InChI is InChI=1S/C18H17FN4O4S/c1-3-15-17(23-10-12(19)4-9-16(23)21-15)18(25)20-13-5-7-14(8-6-13)28(26,27)22-11(2)24/h4-10H,3H2,1-2H3,(H,20,25)(H,22,24). The average Bonchev–Trinajstić information content (AvgIpc) is 2.98. The van der Waals surface area contributed by atoms with Crippen LogP contribution in [0.2, 0.25) is 0 Å². The van der Waals surface area contributed by atoms with Gasteiger partial charge in [0.15, 0.2) is 0 Å². The number of halogens is 1. The number of anilines is 1. The van der Waals surface area contributed by atoms with Crippen molar-refractivity contribution in [3.63, 3.8) is 0 Å². The van der Waals surface area contributed by atoms with Crippen molar-refractivity contribution in [3.8, 4) is 0 Å². The summed E-state index contributed by atoms with van der Waals surface area (Å²) >= 11 is 0. The smallest absolute Gasteiger partial charge is 0.274 e. The van der Waals surface area contributed by atoms with Gasteiger partial charge in [-0.05, 0) is 42.8 Å². The van der Waals surface area contributed by atoms with E-state index in [1.807, 2.05) is 11.6 Å². The topological polar surface area (TPSA) is 110 Å². The van der Waals surface area contributed by atoms with Crippen LogP contribution < -0.4 is 10.0 Å². The highest BCUT2D eigenvalue weighted by Gasteiger charge is 2.20. The zero-order chi connectivity index (χ0) is 20.5. The normalized spacial score (nSPS) is 11.4. The quantitative estimate of drug-likeness (QED) is 0.677. The van der Waals surface area contributed by atoms with Crippen molar-refractivity contribution in [1.82, 2.24) is 14.1 Å². The fourth-order valence-corrected chi connectivity index (χ4v) is 3.70. The molecule has 146 valence electrons. The largest absolute Gasteiger partial charge is 0.321 e. The summed E-state index contributed by atoms with van der Waals surface area (Å²) < 4.78 is 40.7. The minimum Gasteiger partial charge on any atom is -0.321 e. The summed E-state index contributed by atoms with van der Waals surface area (Å²) in [5.74, 6) is -1.72. The highest BCUT2D eigenvalue weighted by atomic mass is 32.2. The Balaban J connectivity index is 1.89. The number of nitrogens with zero attached hydrogens (tertiary/aromatic N) is 2. The van der Waals surface area contributed by atoms with Gasteiger partial charge in [-0.25, -0.2) is 22.5 Å². The Kier molecular flexibility index (Phi) is 5.14. The number of aryl methyl sites for hydroxylation is 1. The molecule has 0 unspecified atom stereocenters. The van der Waals surface area contributed by atoms with E-state index in [-0.39, 0.29) is 10.6 Å². The van der Waals surface area contributed by atoms with Crippen LogP contribution in [0, 0.1) is 5.82 Å². The molecule has 10 heteroatoms. The molecule has 3 aromatic rings. The molecular formula is C18H17FN4O4S. The van der Waals surface area contributed by atoms with Crippen molar-refractivity contribution in [2.75, 3.05) is 5.32 Å². The summed E-state index contributed by atoms with van der Waals surface area (Å²) in [6.07, 6.45) is 1.65. The number of fused-ring (bicyclic) bond motifs is 1. The van der Waals surface area contributed by atoms with E-state index in [1.54, 1.807) is 0 Å². The number of rotatable bonds is 5. The van der Waals surface area contributed by atoms with Gasteiger partial charge in [0.2, 0.25) is 5.91 Å². The number of imidazole rings is 1. The molecule has 2 heterocycles. The second-order valence-electron chi connectivity index (χ2n) is 5.98. The monoisotopic (exact) mass is 404 g/mol. The summed E-state index contributed by atoms with van der Waals surface area (Å²) in [6.45, 7) is 2.92. The Hall–Kier alpha value is -3.27. The molecule has 1 aromatic carbocycles. The first-order chi connectivity index (χ1) is 13.2. The summed E-state index contributed by atoms with van der Waals surface area (Å²) in [7, 11) is -3.96. The van der Waals surface area contributed by atoms with Crippen LogP contribution in [0.15, 0.2) is 47.5 Å². The van der Waals surface area contributed by atoms with E-state index < -0.39 is 27.7 Å². The van der Waals surface area contributed by atoms with Gasteiger partial charge in [0.25, 0.3) is 15.9 Å². The van der Waals surface area contributed by atoms with Gasteiger partial charge in [-0.1, -0.05) is 6.92 Å². The maximum absolute atomic E-state index is 13.6. The molecule has 0 atom stereocenters. The number of nitrogens with one attached hydrogen (secondary N) is 2. The van der Waals surface area contributed by atoms with E-state index in [1.165, 1.54) is 47.0 Å². The fourth-order valence-electron chi connectivity index (χ4n) is 2.71. The molecule has 3 rings (SSSR count). The van der Waals surface area contributed by atoms with Crippen LogP contribution in [0.3, 0.4) is 0 Å². The number of hydrogen-bond donors (Lipinski definition) is 2. The van der Waals surface area contributed by atoms with E-state index in [2.05, 4.69) is 10.3 Å². The zero-order valence-electron chi connectivity index (χ0n) is 15.1. The van der Waals surface area contributed by atoms with Crippen molar-refractivity contribution in [1.29, 1.82) is 0 Å². The van der Waals surface area contributed by atoms with Crippen LogP contribution >= 0.6 is 0 Å². The van der Waals surface area contributed by atoms with Gasteiger partial charge in [-0.2, -0.15) is 0 Å². The molecule has 2 aromatic heterocycles. The third-order valence-electron chi connectivity index (χ3n) is 3.91. The maximum atomic E-state index is 13.6. The Morgan fingerprint density at radius 3 is 2.43 bits per heavy atom. The third-order valence-corrected chi connectivity index (χ3v) is 5.35. The molecule has 8 nitrogen and oxygen atoms in total. The van der Waals surface area contributed by atoms with Crippen LogP contribution in [0.1, 0.15) is 30.0 Å². The molecular weight excluding hydrogens is 387 g/mol. The van der Waals surface area contributed by atoms with Gasteiger partial charge in [0.05, 0.1) is 10.6 Å². The van der Waals surface area contributed by atoms with E-state index in [0.29, 0.717) is 23.4 Å². The molecule has 0 aliphatic heterocycles. The molecule has 0 aliphatic carbocycles. The minimum atomic E-state index is -3.96. The molecule has 0 saturated carbocycles. The van der Waals surface area contributed by atoms with Crippen LogP contribution in [-0.2, 0) is 21.2 Å². The third kappa shape index (κ3) is 3.86. The molecule has 0 spiro atoms. The van der Waals surface area contributed by atoms with Gasteiger partial charge >= 0.3 is 0 Å². The van der Waals surface area contributed by atoms with Crippen LogP contribution in [0.4, 0.5) is 10.1 Å². The number of aromatic nitrogens is 2. The Morgan fingerprint density at radius 2 is 1.82 bits per heavy atom. The molecule has 0 aliphatic rings. The fraction of sp³-hybridized carbons (Fsp3) is 0.167. The van der Waals surface area contributed by atoms with Crippen molar-refractivity contribution >= 4 is 33.2 Å². The van der Waals surface area contributed by atoms with Crippen molar-refractivity contribution in [2.45, 2.75) is 25.2 Å². The summed E-state index contributed by atoms with van der Waals surface area (Å²) in [5.41, 5.74) is 1.49. The van der Waals surface area contributed by atoms with Crippen LogP contribution in [-0.4, -0.2) is 29.6 Å². The SMILES string of the molecule is CCc1nc2ccc(F)cn2c1C(=O)Nc1ccc(S(=O)(=O)NC(C)=O)cc1. The first-order valence-corrected chi connectivity index (χ1v) is 9.81. The summed E-state index contributed by atoms with van der Waals surface area (Å²) in [6, 6.07) is 8.04. The Bertz CT molecular complexity index is 1170. The number of amides is 2. The molecule has 2 N–H and O–H groups in total. The summed E-state index contributed by atoms with van der Waals surface area (Å²) in [5, 5.41) is 2.65. The molecule has 0 bridgehead atoms. The Labute approximate surface area is 160 Å². The second-order valence-corrected chi connectivity index (χ2v) is 7.66. The maximum Gasteiger partial charge on any atom is 0.274 e. The van der Waals surface area contributed by atoms with E-state index in [0.717, 1.165) is 6.92 Å². The van der Waals surface area contributed by atoms with Gasteiger partial charge in [-0.3, -0.25) is 14.0 Å². The number of hydrogen-bond acceptors (Lipinski definition) is 5. The van der Waals surface area contributed by atoms with Crippen LogP contribution in [0.25, 0.3) is 5.65 Å². The predicted molar refractivity (Wildman–Crippen MR) is 99.9 cm³/mol. The second kappa shape index (κ2) is 7.39. The lowest BCUT2D eigenvalue weighted by Gasteiger charge is -2.08. The van der Waals surface area contributed by atoms with Gasteiger partial charge in [0, 0.05) is 18.8 Å². The predicted octanol–water partition coefficient (Wildman–Crippen LogP) is 2.11. The van der Waals surface area contributed by atoms with Crippen molar-refractivity contribution in [2.24, 2.45) is 0 Å². The van der Waals surface area contributed by atoms with E-state index in [4.69, 9.17) is 0 Å². The lowest BCUT2D eigenvalue weighted by molar-refractivity contribution is -0.117. The number of benzene rings is 1. The van der Waals surface area contributed by atoms with Crippen LogP contribution in [0.5, 0.6) is 0 Å². The number of pyridine rings is 1. The first kappa shape index (κ1) is 19.5. The van der Waals surface area contributed by atoms with E-state index in [9.17, 15) is 22.4 Å². The number of sulfonamides is 1. The molecule has 0 saturated heterocycles. The average molecular weight is 404 g/mol. The van der Waals surface area contributed by atoms with Crippen molar-refractivity contribution < 1.29 is 22.4 Å². The first-order valence-electron chi connectivity index (χ1n) is 8.32. The lowest BCUT2D eigenvalue weighted by Crippen LogP contribution is -2.28. The number of carbonyl (C=O) groups is 2. The van der Waals surface area contributed by atoms with Gasteiger partial charge in [0.1, 0.15) is 17.2 Å². The number of carbonyl (C=O) groups excluding carboxylic acids is 2. The zero-order valence-corrected chi connectivity index (χ0v) is 15.9. The highest BCUT2D eigenvalue weighted by molar-refractivity contribution is 7.90. The van der Waals surface area contributed by atoms with Gasteiger partial charge < -0.3 is 5.32 Å². The lowest BCUT2D eigenvalue weighted by atomic mass is 10.2. The van der Waals surface area contributed by atoms with Crippen molar-refractivity contribution in [3.05, 3.63) is 59.8 Å². The molecule has 0 fully saturated rings. The summed E-state index contributed by atoms with van der Waals surface area (Å²) in [4.78, 5) is 27.9.